The molecule has 0 heterocycles. The van der Waals surface area contributed by atoms with E-state index in [1.165, 1.54) is 0 Å². The molecule has 0 rings (SSSR count). The van der Waals surface area contributed by atoms with Crippen LogP contribution in [0.15, 0.2) is 0 Å². The van der Waals surface area contributed by atoms with Crippen LogP contribution >= 0.6 is 7.51 Å². The van der Waals surface area contributed by atoms with Crippen molar-refractivity contribution in [3.05, 3.63) is 0 Å². The van der Waals surface area contributed by atoms with Gasteiger partial charge in [-0.15, -0.1) is 0 Å². The third kappa shape index (κ3) is 4.08. The Hall–Kier alpha value is 0.190. The van der Waals surface area contributed by atoms with E-state index in [0.717, 1.165) is 13.1 Å². The first-order valence-corrected chi connectivity index (χ1v) is 9.43. The molecule has 0 aromatic carbocycles. The Bertz CT molecular complexity index is 238. The molecule has 0 saturated heterocycles. The van der Waals surface area contributed by atoms with Gasteiger partial charge in [0.1, 0.15) is 0 Å². The molecule has 0 aliphatic heterocycles. The molecule has 6 nitrogen and oxygen atoms in total. The van der Waals surface area contributed by atoms with E-state index in [-0.39, 0.29) is 0 Å². The fourth-order valence-electron chi connectivity index (χ4n) is 2.41. The van der Waals surface area contributed by atoms with Gasteiger partial charge >= 0.3 is 118 Å². The standard InChI is InChI=1S/C12H33N4O2P/c1-7-14(8-2)13-19(17,18,15(9-3)10-4)16(11-5)12-6/h13,17-18H,7-12H2,1-6H3. The molecule has 7 heteroatoms. The number of rotatable bonds is 10. The molecule has 0 aromatic rings. The predicted octanol–water partition coefficient (Wildman–Crippen LogP) is 1.63. The molecule has 0 unspecified atom stereocenters. The summed E-state index contributed by atoms with van der Waals surface area (Å²) < 4.78 is 3.49. The van der Waals surface area contributed by atoms with Gasteiger partial charge in [-0.05, 0) is 0 Å². The fourth-order valence-corrected chi connectivity index (χ4v) is 5.90. The minimum absolute atomic E-state index is 0.589. The molecule has 0 aliphatic carbocycles. The van der Waals surface area contributed by atoms with Crippen LogP contribution in [-0.2, 0) is 0 Å². The fraction of sp³-hybridized carbons (Fsp3) is 1.00. The summed E-state index contributed by atoms with van der Waals surface area (Å²) in [4.78, 5) is 22.4. The van der Waals surface area contributed by atoms with Gasteiger partial charge in [-0.2, -0.15) is 0 Å². The zero-order chi connectivity index (χ0) is 15.1. The minimum atomic E-state index is -4.26. The maximum absolute atomic E-state index is 11.2. The van der Waals surface area contributed by atoms with Crippen LogP contribution in [0.1, 0.15) is 41.5 Å². The summed E-state index contributed by atoms with van der Waals surface area (Å²) in [6.45, 7) is 15.6. The molecule has 0 fully saturated rings. The average Bonchev–Trinajstić information content (AvgIpc) is 2.38. The van der Waals surface area contributed by atoms with Crippen LogP contribution in [0.25, 0.3) is 0 Å². The molecule has 0 saturated carbocycles. The predicted molar refractivity (Wildman–Crippen MR) is 83.3 cm³/mol. The van der Waals surface area contributed by atoms with Crippen molar-refractivity contribution in [1.82, 2.24) is 19.5 Å². The Morgan fingerprint density at radius 2 is 1.00 bits per heavy atom. The van der Waals surface area contributed by atoms with Gasteiger partial charge in [0.15, 0.2) is 0 Å². The van der Waals surface area contributed by atoms with Crippen LogP contribution in [0.3, 0.4) is 0 Å². The second kappa shape index (κ2) is 7.84. The van der Waals surface area contributed by atoms with E-state index < -0.39 is 7.51 Å². The molecule has 0 amide bonds. The second-order valence-electron chi connectivity index (χ2n) is 4.49. The maximum atomic E-state index is 11.2. The molecule has 0 aliphatic rings. The summed E-state index contributed by atoms with van der Waals surface area (Å²) in [6.07, 6.45) is 0. The molecular weight excluding hydrogens is 263 g/mol. The quantitative estimate of drug-likeness (QED) is 0.421. The van der Waals surface area contributed by atoms with E-state index in [0.29, 0.717) is 26.2 Å². The second-order valence-corrected chi connectivity index (χ2v) is 7.69. The zero-order valence-corrected chi connectivity index (χ0v) is 14.3. The molecule has 118 valence electrons. The number of nitrogens with one attached hydrogen (secondary N) is 1. The average molecular weight is 296 g/mol. The summed E-state index contributed by atoms with van der Waals surface area (Å²) in [5.41, 5.74) is 0. The Morgan fingerprint density at radius 3 is 1.21 bits per heavy atom. The van der Waals surface area contributed by atoms with Gasteiger partial charge in [0, 0.05) is 0 Å². The van der Waals surface area contributed by atoms with Crippen LogP contribution in [0, 0.1) is 0 Å². The molecule has 0 bridgehead atoms. The van der Waals surface area contributed by atoms with Gasteiger partial charge in [-0.1, -0.05) is 0 Å². The van der Waals surface area contributed by atoms with Gasteiger partial charge in [0.2, 0.25) is 0 Å². The van der Waals surface area contributed by atoms with Gasteiger partial charge in [0.05, 0.1) is 0 Å². The van der Waals surface area contributed by atoms with Crippen molar-refractivity contribution in [2.24, 2.45) is 0 Å². The van der Waals surface area contributed by atoms with E-state index in [2.05, 4.69) is 5.20 Å². The first-order valence-electron chi connectivity index (χ1n) is 7.39. The van der Waals surface area contributed by atoms with E-state index in [9.17, 15) is 9.79 Å². The van der Waals surface area contributed by atoms with Crippen LogP contribution in [-0.4, -0.2) is 63.4 Å². The first-order chi connectivity index (χ1) is 8.83. The van der Waals surface area contributed by atoms with Gasteiger partial charge in [-0.3, -0.25) is 0 Å². The summed E-state index contributed by atoms with van der Waals surface area (Å²) in [7, 11) is -4.26. The van der Waals surface area contributed by atoms with Crippen LogP contribution in [0.5, 0.6) is 0 Å². The Labute approximate surface area is 118 Å². The summed E-state index contributed by atoms with van der Waals surface area (Å²) in [5.74, 6) is 0. The van der Waals surface area contributed by atoms with E-state index in [4.69, 9.17) is 0 Å². The van der Waals surface area contributed by atoms with Gasteiger partial charge < -0.3 is 0 Å². The first kappa shape index (κ1) is 19.2. The third-order valence-corrected chi connectivity index (χ3v) is 7.44. The molecule has 0 spiro atoms. The monoisotopic (exact) mass is 296 g/mol. The SMILES string of the molecule is CCN(CC)NP(O)(O)(N(CC)CC)N(CC)CC. The van der Waals surface area contributed by atoms with Crippen molar-refractivity contribution in [3.63, 3.8) is 0 Å². The zero-order valence-electron chi connectivity index (χ0n) is 13.4. The van der Waals surface area contributed by atoms with E-state index >= 15 is 0 Å². The number of hydrogen-bond acceptors (Lipinski definition) is 6. The van der Waals surface area contributed by atoms with Crippen molar-refractivity contribution in [3.8, 4) is 0 Å². The number of hydrogen-bond donors (Lipinski definition) is 3. The molecule has 0 aromatic heterocycles. The Morgan fingerprint density at radius 1 is 0.684 bits per heavy atom. The number of hydrazine groups is 1. The van der Waals surface area contributed by atoms with Crippen molar-refractivity contribution < 1.29 is 9.79 Å². The topological polar surface area (TPSA) is 62.2 Å². The molecule has 3 N–H and O–H groups in total. The summed E-state index contributed by atoms with van der Waals surface area (Å²) in [6, 6.07) is 0. The third-order valence-electron chi connectivity index (χ3n) is 3.59. The Kier molecular flexibility index (Phi) is 7.91. The molecule has 0 radical (unpaired) electrons. The van der Waals surface area contributed by atoms with Gasteiger partial charge in [-0.25, -0.2) is 0 Å². The Balaban J connectivity index is 5.54. The summed E-state index contributed by atoms with van der Waals surface area (Å²) >= 11 is 0. The molecular formula is C12H33N4O2P. The number of nitrogens with zero attached hydrogens (tertiary/aromatic N) is 3. The van der Waals surface area contributed by atoms with Gasteiger partial charge in [0.25, 0.3) is 0 Å². The van der Waals surface area contributed by atoms with Crippen LogP contribution in [0.4, 0.5) is 0 Å². The van der Waals surface area contributed by atoms with E-state index in [1.54, 1.807) is 9.34 Å². The van der Waals surface area contributed by atoms with Crippen molar-refractivity contribution >= 4 is 7.51 Å². The van der Waals surface area contributed by atoms with Crippen LogP contribution < -0.4 is 5.20 Å². The van der Waals surface area contributed by atoms with Crippen molar-refractivity contribution in [2.45, 2.75) is 41.5 Å². The molecule has 19 heavy (non-hydrogen) atoms. The van der Waals surface area contributed by atoms with Crippen molar-refractivity contribution in [2.75, 3.05) is 39.3 Å². The molecule has 0 atom stereocenters. The van der Waals surface area contributed by atoms with Crippen molar-refractivity contribution in [1.29, 1.82) is 0 Å². The summed E-state index contributed by atoms with van der Waals surface area (Å²) in [5, 5.41) is 4.89. The van der Waals surface area contributed by atoms with Crippen LogP contribution in [0.2, 0.25) is 0 Å². The normalized spacial score (nSPS) is 15.2. The van der Waals surface area contributed by atoms with E-state index in [1.807, 2.05) is 46.6 Å².